The Hall–Kier alpha value is -3.14. The molecule has 0 aliphatic carbocycles. The molecule has 0 bridgehead atoms. The van der Waals surface area contributed by atoms with E-state index in [4.69, 9.17) is 5.73 Å². The predicted molar refractivity (Wildman–Crippen MR) is 106 cm³/mol. The highest BCUT2D eigenvalue weighted by atomic mass is 16.2. The van der Waals surface area contributed by atoms with Gasteiger partial charge in [0.25, 0.3) is 11.8 Å². The third-order valence-electron chi connectivity index (χ3n) is 3.87. The van der Waals surface area contributed by atoms with Crippen LogP contribution >= 0.6 is 0 Å². The number of carbonyl (C=O) groups excluding carboxylic acids is 3. The molecule has 0 radical (unpaired) electrons. The maximum atomic E-state index is 12.5. The fraction of sp³-hybridized carbons (Fsp3) is 0.444. The molecule has 0 spiro atoms. The number of anilines is 2. The Kier molecular flexibility index (Phi) is 6.24. The molecule has 0 saturated carbocycles. The van der Waals surface area contributed by atoms with E-state index in [1.165, 1.54) is 10.8 Å². The maximum absolute atomic E-state index is 12.5. The Labute approximate surface area is 163 Å². The number of nitrogens with zero attached hydrogens (tertiary/aromatic N) is 3. The van der Waals surface area contributed by atoms with Crippen LogP contribution < -0.4 is 21.7 Å². The number of nitrogens with two attached hydrogens (primary N) is 1. The van der Waals surface area contributed by atoms with E-state index in [0.29, 0.717) is 24.3 Å². The smallest absolute Gasteiger partial charge is 0.284 e. The normalized spacial score (nSPS) is 11.3. The van der Waals surface area contributed by atoms with Crippen LogP contribution in [0.3, 0.4) is 0 Å². The Balaban J connectivity index is 1.99. The van der Waals surface area contributed by atoms with Gasteiger partial charge in [-0.3, -0.25) is 14.4 Å². The molecule has 0 aliphatic heterocycles. The minimum atomic E-state index is -0.687. The molecule has 0 aliphatic rings. The van der Waals surface area contributed by atoms with Gasteiger partial charge in [-0.2, -0.15) is 0 Å². The van der Waals surface area contributed by atoms with Crippen LogP contribution in [0.25, 0.3) is 0 Å². The molecular weight excluding hydrogens is 362 g/mol. The maximum Gasteiger partial charge on any atom is 0.284 e. The summed E-state index contributed by atoms with van der Waals surface area (Å²) in [6, 6.07) is 1.57. The van der Waals surface area contributed by atoms with E-state index >= 15 is 0 Å². The minimum absolute atomic E-state index is 0.0407. The number of hydrogen-bond acceptors (Lipinski definition) is 5. The molecule has 152 valence electrons. The fourth-order valence-electron chi connectivity index (χ4n) is 2.57. The van der Waals surface area contributed by atoms with Crippen LogP contribution in [0.15, 0.2) is 18.5 Å². The number of rotatable bonds is 7. The molecule has 28 heavy (non-hydrogen) atoms. The number of aromatic nitrogens is 3. The zero-order valence-corrected chi connectivity index (χ0v) is 16.8. The first kappa shape index (κ1) is 21.2. The second-order valence-electron chi connectivity index (χ2n) is 7.58. The summed E-state index contributed by atoms with van der Waals surface area (Å²) >= 11 is 0. The summed E-state index contributed by atoms with van der Waals surface area (Å²) in [6.45, 7) is 6.64. The van der Waals surface area contributed by atoms with Crippen molar-refractivity contribution in [2.75, 3.05) is 17.2 Å². The lowest BCUT2D eigenvalue weighted by molar-refractivity contribution is -0.116. The summed E-state index contributed by atoms with van der Waals surface area (Å²) in [4.78, 5) is 39.8. The lowest BCUT2D eigenvalue weighted by atomic mass is 10.1. The Morgan fingerprint density at radius 1 is 1.11 bits per heavy atom. The molecule has 2 heterocycles. The number of aryl methyl sites for hydroxylation is 2. The van der Waals surface area contributed by atoms with E-state index < -0.39 is 11.8 Å². The summed E-state index contributed by atoms with van der Waals surface area (Å²) in [6.07, 6.45) is 3.46. The van der Waals surface area contributed by atoms with E-state index in [2.05, 4.69) is 20.9 Å². The molecule has 10 heteroatoms. The van der Waals surface area contributed by atoms with E-state index in [0.717, 1.165) is 0 Å². The van der Waals surface area contributed by atoms with Crippen LogP contribution in [0.2, 0.25) is 0 Å². The molecule has 0 fully saturated rings. The Morgan fingerprint density at radius 3 is 2.36 bits per heavy atom. The van der Waals surface area contributed by atoms with Crippen LogP contribution in [-0.4, -0.2) is 43.9 Å². The molecular formula is C18H27N7O3. The van der Waals surface area contributed by atoms with Crippen molar-refractivity contribution >= 4 is 29.2 Å². The van der Waals surface area contributed by atoms with Crippen molar-refractivity contribution in [1.82, 2.24) is 19.4 Å². The molecule has 2 aromatic rings. The van der Waals surface area contributed by atoms with Gasteiger partial charge in [-0.15, -0.1) is 0 Å². The van der Waals surface area contributed by atoms with Crippen LogP contribution in [-0.2, 0) is 18.9 Å². The quantitative estimate of drug-likeness (QED) is 0.556. The van der Waals surface area contributed by atoms with Gasteiger partial charge in [0.15, 0.2) is 5.82 Å². The first-order chi connectivity index (χ1) is 13.0. The van der Waals surface area contributed by atoms with Gasteiger partial charge < -0.3 is 30.8 Å². The van der Waals surface area contributed by atoms with E-state index in [1.54, 1.807) is 30.9 Å². The number of carbonyl (C=O) groups is 3. The molecule has 0 unspecified atom stereocenters. The zero-order chi connectivity index (χ0) is 21.1. The largest absolute Gasteiger partial charge is 0.363 e. The monoisotopic (exact) mass is 389 g/mol. The van der Waals surface area contributed by atoms with Gasteiger partial charge in [-0.1, -0.05) is 0 Å². The van der Waals surface area contributed by atoms with Gasteiger partial charge in [0.05, 0.1) is 5.69 Å². The number of amides is 3. The molecule has 2 aromatic heterocycles. The lowest BCUT2D eigenvalue weighted by Gasteiger charge is -2.20. The average Bonchev–Trinajstić information content (AvgIpc) is 3.08. The summed E-state index contributed by atoms with van der Waals surface area (Å²) < 4.78 is 3.02. The van der Waals surface area contributed by atoms with Crippen LogP contribution in [0.5, 0.6) is 0 Å². The van der Waals surface area contributed by atoms with Gasteiger partial charge in [-0.05, 0) is 26.8 Å². The SMILES string of the molecule is Cn1cc(NC(=O)CCNC(C)(C)C)cc1C(=O)Nc1cn(C)c(C(N)=O)n1. The minimum Gasteiger partial charge on any atom is -0.363 e. The lowest BCUT2D eigenvalue weighted by Crippen LogP contribution is -2.37. The zero-order valence-electron chi connectivity index (χ0n) is 16.8. The average molecular weight is 389 g/mol. The molecule has 0 aromatic carbocycles. The van der Waals surface area contributed by atoms with Crippen molar-refractivity contribution in [2.24, 2.45) is 19.8 Å². The van der Waals surface area contributed by atoms with Crippen molar-refractivity contribution in [3.63, 3.8) is 0 Å². The molecule has 3 amide bonds. The van der Waals surface area contributed by atoms with Crippen molar-refractivity contribution < 1.29 is 14.4 Å². The highest BCUT2D eigenvalue weighted by Crippen LogP contribution is 2.15. The standard InChI is InChI=1S/C18H27N7O3/c1-18(2,3)20-7-6-14(26)21-11-8-12(24(4)9-11)17(28)23-13-10-25(5)16(22-13)15(19)27/h8-10,20H,6-7H2,1-5H3,(H2,19,27)(H,21,26)(H,23,28). The summed E-state index contributed by atoms with van der Waals surface area (Å²) in [7, 11) is 3.30. The van der Waals surface area contributed by atoms with Crippen molar-refractivity contribution in [2.45, 2.75) is 32.7 Å². The predicted octanol–water partition coefficient (Wildman–Crippen LogP) is 0.827. The molecule has 0 atom stereocenters. The number of primary amides is 1. The van der Waals surface area contributed by atoms with Crippen LogP contribution in [0, 0.1) is 0 Å². The summed E-state index contributed by atoms with van der Waals surface area (Å²) in [5, 5.41) is 8.63. The molecule has 5 N–H and O–H groups in total. The Bertz CT molecular complexity index is 890. The number of nitrogens with one attached hydrogen (secondary N) is 3. The van der Waals surface area contributed by atoms with E-state index in [9.17, 15) is 14.4 Å². The van der Waals surface area contributed by atoms with Crippen molar-refractivity contribution in [3.05, 3.63) is 30.0 Å². The van der Waals surface area contributed by atoms with Gasteiger partial charge in [0.2, 0.25) is 11.7 Å². The van der Waals surface area contributed by atoms with Crippen LogP contribution in [0.1, 0.15) is 48.3 Å². The topological polar surface area (TPSA) is 136 Å². The molecule has 10 nitrogen and oxygen atoms in total. The second kappa shape index (κ2) is 8.26. The van der Waals surface area contributed by atoms with Gasteiger partial charge in [0.1, 0.15) is 5.69 Å². The van der Waals surface area contributed by atoms with E-state index in [-0.39, 0.29) is 23.1 Å². The van der Waals surface area contributed by atoms with Crippen molar-refractivity contribution in [3.8, 4) is 0 Å². The molecule has 2 rings (SSSR count). The van der Waals surface area contributed by atoms with Gasteiger partial charge >= 0.3 is 0 Å². The summed E-state index contributed by atoms with van der Waals surface area (Å²) in [5.41, 5.74) is 6.01. The first-order valence-corrected chi connectivity index (χ1v) is 8.82. The first-order valence-electron chi connectivity index (χ1n) is 8.82. The third-order valence-corrected chi connectivity index (χ3v) is 3.87. The van der Waals surface area contributed by atoms with Crippen molar-refractivity contribution in [1.29, 1.82) is 0 Å². The van der Waals surface area contributed by atoms with Gasteiger partial charge in [0, 0.05) is 45.0 Å². The second-order valence-corrected chi connectivity index (χ2v) is 7.58. The fourth-order valence-corrected chi connectivity index (χ4v) is 2.57. The Morgan fingerprint density at radius 2 is 1.79 bits per heavy atom. The van der Waals surface area contributed by atoms with E-state index in [1.807, 2.05) is 20.8 Å². The van der Waals surface area contributed by atoms with Gasteiger partial charge in [-0.25, -0.2) is 4.98 Å². The summed E-state index contributed by atoms with van der Waals surface area (Å²) in [5.74, 6) is -1.01. The number of imidazole rings is 1. The third kappa shape index (κ3) is 5.68. The highest BCUT2D eigenvalue weighted by Gasteiger charge is 2.17. The molecule has 0 saturated heterocycles. The highest BCUT2D eigenvalue weighted by molar-refractivity contribution is 6.04. The number of hydrogen-bond donors (Lipinski definition) is 4. The van der Waals surface area contributed by atoms with Crippen LogP contribution in [0.4, 0.5) is 11.5 Å².